The molecule has 3 rings (SSSR count). The quantitative estimate of drug-likeness (QED) is 0.582. The molecule has 4 N–H and O–H groups in total. The highest BCUT2D eigenvalue weighted by Gasteiger charge is 2.27. The number of hydrogen-bond acceptors (Lipinski definition) is 7. The van der Waals surface area contributed by atoms with Gasteiger partial charge in [-0.3, -0.25) is 9.59 Å². The summed E-state index contributed by atoms with van der Waals surface area (Å²) >= 11 is 0.882. The van der Waals surface area contributed by atoms with E-state index in [0.717, 1.165) is 17.4 Å². The molecular weight excluding hydrogens is 412 g/mol. The Bertz CT molecular complexity index is 1170. The van der Waals surface area contributed by atoms with Gasteiger partial charge in [-0.25, -0.2) is 13.8 Å². The molecule has 0 aliphatic carbocycles. The largest absolute Gasteiger partial charge is 0.382 e. The zero-order valence-corrected chi connectivity index (χ0v) is 16.4. The summed E-state index contributed by atoms with van der Waals surface area (Å²) in [5, 5.41) is 9.01. The number of nitrogens with two attached hydrogens (primary N) is 2. The lowest BCUT2D eigenvalue weighted by Gasteiger charge is -2.26. The average molecular weight is 427 g/mol. The van der Waals surface area contributed by atoms with Crippen molar-refractivity contribution in [3.8, 4) is 6.07 Å². The number of primary amides is 1. The second kappa shape index (κ2) is 8.26. The van der Waals surface area contributed by atoms with Gasteiger partial charge in [0.1, 0.15) is 34.4 Å². The number of benzene rings is 2. The van der Waals surface area contributed by atoms with Crippen LogP contribution >= 0.6 is 11.3 Å². The summed E-state index contributed by atoms with van der Waals surface area (Å²) in [5.41, 5.74) is 11.6. The number of rotatable bonds is 6. The second-order valence-corrected chi connectivity index (χ2v) is 7.25. The molecule has 30 heavy (non-hydrogen) atoms. The fourth-order valence-corrected chi connectivity index (χ4v) is 3.74. The third-order valence-corrected chi connectivity index (χ3v) is 5.38. The monoisotopic (exact) mass is 427 g/mol. The molecule has 152 valence electrons. The Kier molecular flexibility index (Phi) is 5.75. The predicted molar refractivity (Wildman–Crippen MR) is 108 cm³/mol. The molecule has 0 fully saturated rings. The van der Waals surface area contributed by atoms with Gasteiger partial charge in [0.25, 0.3) is 0 Å². The minimum atomic E-state index is -0.878. The van der Waals surface area contributed by atoms with Crippen LogP contribution in [0.15, 0.2) is 42.5 Å². The fraction of sp³-hybridized carbons (Fsp3) is 0.100. The molecule has 10 heteroatoms. The molecule has 1 heterocycles. The van der Waals surface area contributed by atoms with E-state index in [-0.39, 0.29) is 27.0 Å². The zero-order chi connectivity index (χ0) is 22.0. The predicted octanol–water partition coefficient (Wildman–Crippen LogP) is 3.12. The van der Waals surface area contributed by atoms with Gasteiger partial charge in [0, 0.05) is 11.3 Å². The minimum absolute atomic E-state index is 0.00955. The molecule has 1 aromatic heterocycles. The Morgan fingerprint density at radius 3 is 2.43 bits per heavy atom. The van der Waals surface area contributed by atoms with Crippen molar-refractivity contribution in [1.82, 2.24) is 4.98 Å². The van der Waals surface area contributed by atoms with Crippen LogP contribution in [0.2, 0.25) is 0 Å². The summed E-state index contributed by atoms with van der Waals surface area (Å²) in [4.78, 5) is 30.3. The molecule has 0 radical (unpaired) electrons. The first-order valence-corrected chi connectivity index (χ1v) is 9.39. The standard InChI is InChI=1S/C20H15F2N5O2S/c1-10(19(25)29)27(14-6-4-13(21)5-7-14)20-26-18(24)17(30-20)16(28)11-2-3-12(9-23)15(22)8-11/h2-8,10H,24H2,1H3,(H2,25,29). The van der Waals surface area contributed by atoms with Crippen molar-refractivity contribution in [1.29, 1.82) is 5.26 Å². The normalized spacial score (nSPS) is 11.5. The SMILES string of the molecule is CC(C(N)=O)N(c1ccc(F)cc1)c1nc(N)c(C(=O)c2ccc(C#N)c(F)c2)s1. The topological polar surface area (TPSA) is 126 Å². The van der Waals surface area contributed by atoms with Gasteiger partial charge in [-0.05, 0) is 49.4 Å². The highest BCUT2D eigenvalue weighted by Crippen LogP contribution is 2.36. The van der Waals surface area contributed by atoms with Crippen LogP contribution in [-0.2, 0) is 4.79 Å². The van der Waals surface area contributed by atoms with Crippen molar-refractivity contribution < 1.29 is 18.4 Å². The lowest BCUT2D eigenvalue weighted by Crippen LogP contribution is -2.39. The van der Waals surface area contributed by atoms with Crippen LogP contribution in [0.4, 0.5) is 25.4 Å². The number of thiazole rings is 1. The second-order valence-electron chi connectivity index (χ2n) is 6.27. The molecule has 7 nitrogen and oxygen atoms in total. The number of nitriles is 1. The molecule has 0 aliphatic heterocycles. The van der Waals surface area contributed by atoms with E-state index in [2.05, 4.69) is 4.98 Å². The number of anilines is 3. The molecule has 1 amide bonds. The summed E-state index contributed by atoms with van der Waals surface area (Å²) in [5.74, 6) is -2.68. The number of carbonyl (C=O) groups is 2. The fourth-order valence-electron chi connectivity index (χ4n) is 2.69. The molecule has 2 aromatic carbocycles. The lowest BCUT2D eigenvalue weighted by atomic mass is 10.1. The van der Waals surface area contributed by atoms with E-state index >= 15 is 0 Å². The number of carbonyl (C=O) groups excluding carboxylic acids is 2. The summed E-state index contributed by atoms with van der Waals surface area (Å²) in [6.07, 6.45) is 0. The first kappa shape index (κ1) is 20.9. The zero-order valence-electron chi connectivity index (χ0n) is 15.6. The molecule has 3 aromatic rings. The molecule has 0 bridgehead atoms. The third-order valence-electron chi connectivity index (χ3n) is 4.31. The van der Waals surface area contributed by atoms with Gasteiger partial charge in [0.2, 0.25) is 11.7 Å². The van der Waals surface area contributed by atoms with E-state index in [1.54, 1.807) is 6.07 Å². The van der Waals surface area contributed by atoms with Gasteiger partial charge in [-0.1, -0.05) is 11.3 Å². The lowest BCUT2D eigenvalue weighted by molar-refractivity contribution is -0.118. The first-order chi connectivity index (χ1) is 14.2. The molecule has 0 spiro atoms. The molecule has 1 unspecified atom stereocenters. The maximum Gasteiger partial charge on any atom is 0.240 e. The van der Waals surface area contributed by atoms with Gasteiger partial charge >= 0.3 is 0 Å². The van der Waals surface area contributed by atoms with E-state index in [4.69, 9.17) is 16.7 Å². The molecule has 0 saturated carbocycles. The van der Waals surface area contributed by atoms with Crippen molar-refractivity contribution in [2.24, 2.45) is 5.73 Å². The number of amides is 1. The number of nitrogen functional groups attached to an aromatic ring is 1. The van der Waals surface area contributed by atoms with Crippen LogP contribution in [-0.4, -0.2) is 22.7 Å². The highest BCUT2D eigenvalue weighted by atomic mass is 32.1. The molecule has 0 saturated heterocycles. The first-order valence-electron chi connectivity index (χ1n) is 8.57. The summed E-state index contributed by atoms with van der Waals surface area (Å²) < 4.78 is 27.2. The van der Waals surface area contributed by atoms with Crippen molar-refractivity contribution >= 4 is 39.7 Å². The van der Waals surface area contributed by atoms with Crippen LogP contribution in [0, 0.1) is 23.0 Å². The van der Waals surface area contributed by atoms with Gasteiger partial charge in [0.15, 0.2) is 5.13 Å². The van der Waals surface area contributed by atoms with Gasteiger partial charge in [-0.2, -0.15) is 5.26 Å². The molecular formula is C20H15F2N5O2S. The van der Waals surface area contributed by atoms with Crippen molar-refractivity contribution in [2.75, 3.05) is 10.6 Å². The third kappa shape index (κ3) is 3.97. The van der Waals surface area contributed by atoms with E-state index in [0.29, 0.717) is 5.69 Å². The maximum absolute atomic E-state index is 13.9. The summed E-state index contributed by atoms with van der Waals surface area (Å²) in [6, 6.07) is 9.54. The Morgan fingerprint density at radius 2 is 1.87 bits per heavy atom. The van der Waals surface area contributed by atoms with E-state index in [9.17, 15) is 18.4 Å². The summed E-state index contributed by atoms with van der Waals surface area (Å²) in [6.45, 7) is 1.53. The van der Waals surface area contributed by atoms with E-state index in [1.165, 1.54) is 48.2 Å². The van der Waals surface area contributed by atoms with E-state index in [1.807, 2.05) is 0 Å². The van der Waals surface area contributed by atoms with E-state index < -0.39 is 29.4 Å². The number of nitrogens with zero attached hydrogens (tertiary/aromatic N) is 3. The summed E-state index contributed by atoms with van der Waals surface area (Å²) in [7, 11) is 0. The van der Waals surface area contributed by atoms with Gasteiger partial charge in [0.05, 0.1) is 5.56 Å². The van der Waals surface area contributed by atoms with Crippen LogP contribution in [0.3, 0.4) is 0 Å². The Hall–Kier alpha value is -3.84. The van der Waals surface area contributed by atoms with Crippen LogP contribution < -0.4 is 16.4 Å². The van der Waals surface area contributed by atoms with Gasteiger partial charge in [-0.15, -0.1) is 0 Å². The van der Waals surface area contributed by atoms with Crippen molar-refractivity contribution in [3.05, 3.63) is 70.1 Å². The Morgan fingerprint density at radius 1 is 1.20 bits per heavy atom. The number of ketones is 1. The number of halogens is 2. The Balaban J connectivity index is 2.04. The van der Waals surface area contributed by atoms with Crippen LogP contribution in [0.25, 0.3) is 0 Å². The Labute approximate surface area is 174 Å². The average Bonchev–Trinajstić information content (AvgIpc) is 3.09. The van der Waals surface area contributed by atoms with Gasteiger partial charge < -0.3 is 16.4 Å². The smallest absolute Gasteiger partial charge is 0.240 e. The minimum Gasteiger partial charge on any atom is -0.382 e. The van der Waals surface area contributed by atoms with Crippen molar-refractivity contribution in [2.45, 2.75) is 13.0 Å². The van der Waals surface area contributed by atoms with Crippen LogP contribution in [0.5, 0.6) is 0 Å². The number of hydrogen-bond donors (Lipinski definition) is 2. The maximum atomic E-state index is 13.9. The van der Waals surface area contributed by atoms with Crippen LogP contribution in [0.1, 0.15) is 27.7 Å². The number of aromatic nitrogens is 1. The highest BCUT2D eigenvalue weighted by molar-refractivity contribution is 7.18. The van der Waals surface area contributed by atoms with Crippen molar-refractivity contribution in [3.63, 3.8) is 0 Å². The molecule has 1 atom stereocenters. The molecule has 0 aliphatic rings.